The molecule has 1 N–H and O–H groups in total. The summed E-state index contributed by atoms with van der Waals surface area (Å²) in [4.78, 5) is 9.86. The summed E-state index contributed by atoms with van der Waals surface area (Å²) in [6, 6.07) is 4.87. The molecule has 0 radical (unpaired) electrons. The van der Waals surface area contributed by atoms with Gasteiger partial charge in [0, 0.05) is 58.4 Å². The fraction of sp³-hybridized carbons (Fsp3) is 0.762. The lowest BCUT2D eigenvalue weighted by Gasteiger charge is -2.45. The van der Waals surface area contributed by atoms with Gasteiger partial charge in [0.2, 0.25) is 0 Å². The number of nitrogens with zero attached hydrogens (tertiary/aromatic N) is 3. The summed E-state index contributed by atoms with van der Waals surface area (Å²) < 4.78 is 16.5. The van der Waals surface area contributed by atoms with Gasteiger partial charge in [-0.2, -0.15) is 0 Å². The summed E-state index contributed by atoms with van der Waals surface area (Å²) in [6.07, 6.45) is 5.10. The molecule has 3 unspecified atom stereocenters. The summed E-state index contributed by atoms with van der Waals surface area (Å²) in [5, 5.41) is 3.57. The number of aliphatic imine (C=N–C) groups is 1. The number of hydrogen-bond donors (Lipinski definition) is 1. The van der Waals surface area contributed by atoms with Crippen molar-refractivity contribution in [3.8, 4) is 0 Å². The average Bonchev–Trinajstić information content (AvgIpc) is 3.37. The summed E-state index contributed by atoms with van der Waals surface area (Å²) in [6.45, 7) is 10.7. The van der Waals surface area contributed by atoms with Gasteiger partial charge in [0.25, 0.3) is 0 Å². The molecule has 1 aromatic heterocycles. The zero-order valence-electron chi connectivity index (χ0n) is 17.6. The molecule has 0 bridgehead atoms. The van der Waals surface area contributed by atoms with Gasteiger partial charge >= 0.3 is 0 Å². The molecular formula is C21H36N4O3. The molecule has 3 heterocycles. The van der Waals surface area contributed by atoms with E-state index in [9.17, 15) is 0 Å². The third-order valence-corrected chi connectivity index (χ3v) is 5.66. The third kappa shape index (κ3) is 5.96. The van der Waals surface area contributed by atoms with Crippen molar-refractivity contribution in [2.24, 2.45) is 4.99 Å². The monoisotopic (exact) mass is 392 g/mol. The Balaban J connectivity index is 1.60. The van der Waals surface area contributed by atoms with Gasteiger partial charge in [0.05, 0.1) is 25.5 Å². The third-order valence-electron chi connectivity index (χ3n) is 5.66. The van der Waals surface area contributed by atoms with Crippen molar-refractivity contribution in [1.29, 1.82) is 0 Å². The smallest absolute Gasteiger partial charge is 0.194 e. The predicted octanol–water partition coefficient (Wildman–Crippen LogP) is 1.99. The highest BCUT2D eigenvalue weighted by atomic mass is 16.5. The fourth-order valence-electron chi connectivity index (χ4n) is 4.16. The first-order valence-electron chi connectivity index (χ1n) is 10.6. The minimum Gasteiger partial charge on any atom is -0.469 e. The first-order chi connectivity index (χ1) is 13.7. The van der Waals surface area contributed by atoms with Gasteiger partial charge in [-0.25, -0.2) is 0 Å². The van der Waals surface area contributed by atoms with Gasteiger partial charge < -0.3 is 24.1 Å². The van der Waals surface area contributed by atoms with E-state index in [-0.39, 0.29) is 6.10 Å². The van der Waals surface area contributed by atoms with E-state index in [0.717, 1.165) is 76.9 Å². The van der Waals surface area contributed by atoms with Crippen LogP contribution in [0.5, 0.6) is 0 Å². The molecule has 3 rings (SSSR count). The second-order valence-corrected chi connectivity index (χ2v) is 7.89. The van der Waals surface area contributed by atoms with E-state index in [4.69, 9.17) is 18.9 Å². The maximum Gasteiger partial charge on any atom is 0.194 e. The maximum atomic E-state index is 5.77. The molecule has 0 aliphatic carbocycles. The van der Waals surface area contributed by atoms with Gasteiger partial charge in [-0.3, -0.25) is 9.89 Å². The Morgan fingerprint density at radius 1 is 1.32 bits per heavy atom. The van der Waals surface area contributed by atoms with E-state index in [1.807, 2.05) is 12.1 Å². The molecule has 2 aliphatic heterocycles. The maximum absolute atomic E-state index is 5.77. The number of nitrogens with one attached hydrogen (secondary N) is 1. The minimum absolute atomic E-state index is 0.264. The molecule has 0 spiro atoms. The molecule has 7 nitrogen and oxygen atoms in total. The van der Waals surface area contributed by atoms with Gasteiger partial charge in [0.15, 0.2) is 5.96 Å². The number of furan rings is 1. The second kappa shape index (κ2) is 10.8. The molecule has 3 atom stereocenters. The molecule has 0 saturated carbocycles. The Kier molecular flexibility index (Phi) is 8.18. The highest BCUT2D eigenvalue weighted by Gasteiger charge is 2.30. The van der Waals surface area contributed by atoms with Crippen LogP contribution in [0.4, 0.5) is 0 Å². The van der Waals surface area contributed by atoms with Crippen LogP contribution >= 0.6 is 0 Å². The molecule has 7 heteroatoms. The van der Waals surface area contributed by atoms with Crippen LogP contribution in [0.2, 0.25) is 0 Å². The molecule has 1 aromatic rings. The molecule has 158 valence electrons. The van der Waals surface area contributed by atoms with Crippen molar-refractivity contribution in [2.75, 3.05) is 53.0 Å². The Bertz CT molecular complexity index is 574. The lowest BCUT2D eigenvalue weighted by Crippen LogP contribution is -2.60. The number of ether oxygens (including phenoxy) is 2. The quantitative estimate of drug-likeness (QED) is 0.539. The highest BCUT2D eigenvalue weighted by Crippen LogP contribution is 2.17. The molecule has 2 aliphatic rings. The van der Waals surface area contributed by atoms with Crippen LogP contribution in [0.15, 0.2) is 27.8 Å². The zero-order valence-corrected chi connectivity index (χ0v) is 17.6. The van der Waals surface area contributed by atoms with Gasteiger partial charge in [-0.05, 0) is 38.8 Å². The SMILES string of the molecule is COCCN1C(C)CN(C(=NCC2CCCO2)NCCc2ccco2)CC1C. The van der Waals surface area contributed by atoms with Crippen molar-refractivity contribution in [3.05, 3.63) is 24.2 Å². The number of guanidine groups is 1. The van der Waals surface area contributed by atoms with Gasteiger partial charge in [-0.15, -0.1) is 0 Å². The normalized spacial score (nSPS) is 26.8. The minimum atomic E-state index is 0.264. The number of methoxy groups -OCH3 is 1. The molecule has 2 saturated heterocycles. The first kappa shape index (κ1) is 21.1. The summed E-state index contributed by atoms with van der Waals surface area (Å²) >= 11 is 0. The average molecular weight is 393 g/mol. The van der Waals surface area contributed by atoms with E-state index < -0.39 is 0 Å². The molecular weight excluding hydrogens is 356 g/mol. The van der Waals surface area contributed by atoms with E-state index in [1.54, 1.807) is 13.4 Å². The lowest BCUT2D eigenvalue weighted by atomic mass is 10.1. The number of piperazine rings is 1. The predicted molar refractivity (Wildman–Crippen MR) is 111 cm³/mol. The standard InChI is InChI=1S/C21H36N4O3/c1-17-15-24(16-18(2)25(17)10-13-26-3)21(23-14-20-7-5-12-28-20)22-9-8-19-6-4-11-27-19/h4,6,11,17-18,20H,5,7-10,12-16H2,1-3H3,(H,22,23). The number of rotatable bonds is 8. The van der Waals surface area contributed by atoms with Crippen molar-refractivity contribution >= 4 is 5.96 Å². The molecule has 28 heavy (non-hydrogen) atoms. The van der Waals surface area contributed by atoms with Crippen LogP contribution in [-0.4, -0.2) is 87.0 Å². The summed E-state index contributed by atoms with van der Waals surface area (Å²) in [7, 11) is 1.77. The van der Waals surface area contributed by atoms with Crippen molar-refractivity contribution < 1.29 is 13.9 Å². The Morgan fingerprint density at radius 3 is 2.79 bits per heavy atom. The Labute approximate surface area is 169 Å². The van der Waals surface area contributed by atoms with E-state index in [0.29, 0.717) is 12.1 Å². The van der Waals surface area contributed by atoms with E-state index in [2.05, 4.69) is 29.0 Å². The van der Waals surface area contributed by atoms with Crippen molar-refractivity contribution in [1.82, 2.24) is 15.1 Å². The molecule has 2 fully saturated rings. The Morgan fingerprint density at radius 2 is 2.14 bits per heavy atom. The van der Waals surface area contributed by atoms with Crippen molar-refractivity contribution in [2.45, 2.75) is 51.3 Å². The van der Waals surface area contributed by atoms with Crippen molar-refractivity contribution in [3.63, 3.8) is 0 Å². The van der Waals surface area contributed by atoms with Crippen LogP contribution in [0, 0.1) is 0 Å². The Hall–Kier alpha value is -1.57. The molecule has 0 aromatic carbocycles. The van der Waals surface area contributed by atoms with E-state index >= 15 is 0 Å². The largest absolute Gasteiger partial charge is 0.469 e. The second-order valence-electron chi connectivity index (χ2n) is 7.89. The molecule has 0 amide bonds. The fourth-order valence-corrected chi connectivity index (χ4v) is 4.16. The highest BCUT2D eigenvalue weighted by molar-refractivity contribution is 5.80. The lowest BCUT2D eigenvalue weighted by molar-refractivity contribution is 0.0441. The zero-order chi connectivity index (χ0) is 19.8. The summed E-state index contributed by atoms with van der Waals surface area (Å²) in [5.74, 6) is 1.99. The summed E-state index contributed by atoms with van der Waals surface area (Å²) in [5.41, 5.74) is 0. The van der Waals surface area contributed by atoms with Crippen LogP contribution in [0.3, 0.4) is 0 Å². The number of hydrogen-bond acceptors (Lipinski definition) is 5. The van der Waals surface area contributed by atoms with Crippen LogP contribution in [0.1, 0.15) is 32.4 Å². The van der Waals surface area contributed by atoms with Crippen LogP contribution in [-0.2, 0) is 15.9 Å². The van der Waals surface area contributed by atoms with Gasteiger partial charge in [-0.1, -0.05) is 0 Å². The first-order valence-corrected chi connectivity index (χ1v) is 10.6. The topological polar surface area (TPSA) is 62.5 Å². The van der Waals surface area contributed by atoms with Crippen LogP contribution < -0.4 is 5.32 Å². The van der Waals surface area contributed by atoms with E-state index in [1.165, 1.54) is 0 Å². The van der Waals surface area contributed by atoms with Crippen LogP contribution in [0.25, 0.3) is 0 Å². The van der Waals surface area contributed by atoms with Gasteiger partial charge in [0.1, 0.15) is 5.76 Å².